The van der Waals surface area contributed by atoms with E-state index in [-0.39, 0.29) is 28.0 Å². The number of nitrogen functional groups attached to an aromatic ring is 1. The topological polar surface area (TPSA) is 84.9 Å². The zero-order chi connectivity index (χ0) is 17.1. The average molecular weight is 346 g/mol. The molecule has 0 saturated carbocycles. The molecular formula is C16H12F2N4OS. The van der Waals surface area contributed by atoms with E-state index in [1.165, 1.54) is 12.1 Å². The Labute approximate surface area is 140 Å². The highest BCUT2D eigenvalue weighted by Crippen LogP contribution is 2.32. The molecule has 0 aliphatic carbocycles. The lowest BCUT2D eigenvalue weighted by atomic mass is 10.1. The third-order valence-corrected chi connectivity index (χ3v) is 4.14. The largest absolute Gasteiger partial charge is 0.492 e. The monoisotopic (exact) mass is 346 g/mol. The number of rotatable bonds is 4. The smallest absolute Gasteiger partial charge is 0.239 e. The summed E-state index contributed by atoms with van der Waals surface area (Å²) in [6, 6.07) is 7.35. The maximum Gasteiger partial charge on any atom is 0.239 e. The SMILES string of the molecule is Nc1c(O)nc(SCc2cccc(F)c2F)nc1-c1ccncc1. The quantitative estimate of drug-likeness (QED) is 0.556. The maximum atomic E-state index is 13.7. The number of nitrogens with zero attached hydrogens (tertiary/aromatic N) is 3. The Bertz CT molecular complexity index is 877. The lowest BCUT2D eigenvalue weighted by Gasteiger charge is -2.09. The highest BCUT2D eigenvalue weighted by Gasteiger charge is 2.14. The van der Waals surface area contributed by atoms with E-state index in [9.17, 15) is 13.9 Å². The summed E-state index contributed by atoms with van der Waals surface area (Å²) in [4.78, 5) is 12.1. The number of benzene rings is 1. The highest BCUT2D eigenvalue weighted by molar-refractivity contribution is 7.98. The summed E-state index contributed by atoms with van der Waals surface area (Å²) in [6.45, 7) is 0. The molecule has 0 aliphatic heterocycles. The predicted octanol–water partition coefficient (Wildman–Crippen LogP) is 3.40. The summed E-state index contributed by atoms with van der Waals surface area (Å²) in [5.74, 6) is -2.06. The van der Waals surface area contributed by atoms with Crippen molar-refractivity contribution in [1.82, 2.24) is 15.0 Å². The summed E-state index contributed by atoms with van der Waals surface area (Å²) < 4.78 is 26.9. The van der Waals surface area contributed by atoms with Crippen LogP contribution in [0.1, 0.15) is 5.56 Å². The zero-order valence-corrected chi connectivity index (χ0v) is 13.1. The third kappa shape index (κ3) is 3.28. The minimum atomic E-state index is -0.911. The summed E-state index contributed by atoms with van der Waals surface area (Å²) in [6.07, 6.45) is 3.14. The number of hydrogen-bond donors (Lipinski definition) is 2. The molecule has 0 fully saturated rings. The normalized spacial score (nSPS) is 10.8. The van der Waals surface area contributed by atoms with Gasteiger partial charge in [-0.05, 0) is 18.2 Å². The van der Waals surface area contributed by atoms with Crippen molar-refractivity contribution in [3.63, 3.8) is 0 Å². The van der Waals surface area contributed by atoms with E-state index in [4.69, 9.17) is 5.73 Å². The third-order valence-electron chi connectivity index (χ3n) is 3.25. The number of pyridine rings is 1. The van der Waals surface area contributed by atoms with E-state index in [2.05, 4.69) is 15.0 Å². The number of aromatic nitrogens is 3. The molecule has 122 valence electrons. The van der Waals surface area contributed by atoms with Crippen molar-refractivity contribution in [1.29, 1.82) is 0 Å². The molecule has 3 rings (SSSR count). The molecule has 2 aromatic heterocycles. The number of nitrogens with two attached hydrogens (primary N) is 1. The minimum absolute atomic E-state index is 0.0440. The zero-order valence-electron chi connectivity index (χ0n) is 12.3. The number of halogens is 2. The number of aromatic hydroxyl groups is 1. The van der Waals surface area contributed by atoms with E-state index < -0.39 is 11.6 Å². The fourth-order valence-corrected chi connectivity index (χ4v) is 2.85. The molecule has 0 spiro atoms. The molecule has 3 N–H and O–H groups in total. The molecule has 1 aromatic carbocycles. The lowest BCUT2D eigenvalue weighted by Crippen LogP contribution is -1.99. The van der Waals surface area contributed by atoms with Gasteiger partial charge in [-0.3, -0.25) is 4.98 Å². The standard InChI is InChI=1S/C16H12F2N4OS/c17-11-3-1-2-10(12(11)18)8-24-16-21-14(13(19)15(23)22-16)9-4-6-20-7-5-9/h1-7H,8,19H2,(H,21,22,23). The second-order valence-electron chi connectivity index (χ2n) is 4.83. The number of thioether (sulfide) groups is 1. The van der Waals surface area contributed by atoms with Gasteiger partial charge in [-0.15, -0.1) is 0 Å². The van der Waals surface area contributed by atoms with E-state index in [0.717, 1.165) is 17.8 Å². The fourth-order valence-electron chi connectivity index (χ4n) is 2.03. The van der Waals surface area contributed by atoms with E-state index in [1.54, 1.807) is 24.5 Å². The van der Waals surface area contributed by atoms with Crippen molar-refractivity contribution < 1.29 is 13.9 Å². The van der Waals surface area contributed by atoms with E-state index >= 15 is 0 Å². The summed E-state index contributed by atoms with van der Waals surface area (Å²) in [5, 5.41) is 10.1. The Morgan fingerprint density at radius 3 is 2.58 bits per heavy atom. The Balaban J connectivity index is 1.89. The van der Waals surface area contributed by atoms with Crippen molar-refractivity contribution in [2.45, 2.75) is 10.9 Å². The van der Waals surface area contributed by atoms with Crippen LogP contribution >= 0.6 is 11.8 Å². The fraction of sp³-hybridized carbons (Fsp3) is 0.0625. The van der Waals surface area contributed by atoms with Gasteiger partial charge in [0.25, 0.3) is 0 Å². The van der Waals surface area contributed by atoms with Gasteiger partial charge in [0.05, 0.1) is 0 Å². The van der Waals surface area contributed by atoms with Crippen molar-refractivity contribution in [3.8, 4) is 17.1 Å². The van der Waals surface area contributed by atoms with Crippen LogP contribution in [0.25, 0.3) is 11.3 Å². The first-order valence-electron chi connectivity index (χ1n) is 6.89. The first-order chi connectivity index (χ1) is 11.6. The first-order valence-corrected chi connectivity index (χ1v) is 7.87. The highest BCUT2D eigenvalue weighted by atomic mass is 32.2. The van der Waals surface area contributed by atoms with Crippen LogP contribution < -0.4 is 5.73 Å². The van der Waals surface area contributed by atoms with Crippen LogP contribution in [-0.2, 0) is 5.75 Å². The molecule has 0 radical (unpaired) electrons. The molecule has 0 atom stereocenters. The molecule has 24 heavy (non-hydrogen) atoms. The van der Waals surface area contributed by atoms with Crippen LogP contribution in [-0.4, -0.2) is 20.1 Å². The predicted molar refractivity (Wildman–Crippen MR) is 87.3 cm³/mol. The average Bonchev–Trinajstić information content (AvgIpc) is 2.60. The lowest BCUT2D eigenvalue weighted by molar-refractivity contribution is 0.449. The van der Waals surface area contributed by atoms with Gasteiger partial charge in [0.2, 0.25) is 5.88 Å². The maximum absolute atomic E-state index is 13.7. The summed E-state index contributed by atoms with van der Waals surface area (Å²) in [7, 11) is 0. The van der Waals surface area contributed by atoms with Gasteiger partial charge in [-0.2, -0.15) is 4.98 Å². The van der Waals surface area contributed by atoms with Crippen LogP contribution in [0.3, 0.4) is 0 Å². The Morgan fingerprint density at radius 1 is 1.08 bits per heavy atom. The molecule has 2 heterocycles. The second kappa shape index (κ2) is 6.79. The number of hydrogen-bond acceptors (Lipinski definition) is 6. The van der Waals surface area contributed by atoms with Crippen LogP contribution in [0.15, 0.2) is 47.9 Å². The molecule has 0 aliphatic rings. The van der Waals surface area contributed by atoms with Gasteiger partial charge in [0.15, 0.2) is 16.8 Å². The molecule has 8 heteroatoms. The van der Waals surface area contributed by atoms with E-state index in [1.807, 2.05) is 0 Å². The van der Waals surface area contributed by atoms with Crippen LogP contribution in [0.5, 0.6) is 5.88 Å². The van der Waals surface area contributed by atoms with Crippen LogP contribution in [0, 0.1) is 11.6 Å². The number of anilines is 1. The molecule has 0 saturated heterocycles. The van der Waals surface area contributed by atoms with Gasteiger partial charge in [0, 0.05) is 29.3 Å². The molecule has 0 amide bonds. The van der Waals surface area contributed by atoms with Gasteiger partial charge < -0.3 is 10.8 Å². The van der Waals surface area contributed by atoms with Gasteiger partial charge >= 0.3 is 0 Å². The molecule has 0 unspecified atom stereocenters. The van der Waals surface area contributed by atoms with Crippen molar-refractivity contribution in [3.05, 3.63) is 59.9 Å². The van der Waals surface area contributed by atoms with Gasteiger partial charge in [0.1, 0.15) is 11.4 Å². The second-order valence-corrected chi connectivity index (χ2v) is 5.77. The summed E-state index contributed by atoms with van der Waals surface area (Å²) >= 11 is 1.07. The Morgan fingerprint density at radius 2 is 1.83 bits per heavy atom. The van der Waals surface area contributed by atoms with Crippen molar-refractivity contribution in [2.24, 2.45) is 0 Å². The Hall–Kier alpha value is -2.74. The van der Waals surface area contributed by atoms with Gasteiger partial charge in [-0.1, -0.05) is 23.9 Å². The van der Waals surface area contributed by atoms with Crippen molar-refractivity contribution >= 4 is 17.4 Å². The molecule has 0 bridgehead atoms. The molecule has 5 nitrogen and oxygen atoms in total. The van der Waals surface area contributed by atoms with Crippen molar-refractivity contribution in [2.75, 3.05) is 5.73 Å². The van der Waals surface area contributed by atoms with Crippen LogP contribution in [0.4, 0.5) is 14.5 Å². The van der Waals surface area contributed by atoms with Crippen LogP contribution in [0.2, 0.25) is 0 Å². The van der Waals surface area contributed by atoms with E-state index in [0.29, 0.717) is 11.3 Å². The first kappa shape index (κ1) is 16.1. The minimum Gasteiger partial charge on any atom is -0.492 e. The summed E-state index contributed by atoms with van der Waals surface area (Å²) in [5.41, 5.74) is 7.07. The molecule has 3 aromatic rings. The molecular weight excluding hydrogens is 334 g/mol. The Kier molecular flexibility index (Phi) is 4.57. The van der Waals surface area contributed by atoms with Gasteiger partial charge in [-0.25, -0.2) is 13.8 Å².